The molecule has 0 spiro atoms. The molecule has 544 valence electrons. The largest absolute Gasteiger partial charge is 0.481 e. The Hall–Kier alpha value is -3.26. The first-order chi connectivity index (χ1) is 45.5. The Bertz CT molecular complexity index is 1610. The molecule has 0 amide bonds. The number of hydrogen-bond donors (Lipinski definition) is 2. The van der Waals surface area contributed by atoms with E-state index in [1.807, 2.05) is 19.0 Å². The van der Waals surface area contributed by atoms with Gasteiger partial charge in [0.05, 0.1) is 6.10 Å². The Morgan fingerprint density at radius 1 is 0.301 bits per heavy atom. The minimum Gasteiger partial charge on any atom is -0.481 e. The molecular formula is C86H160N2O5. The highest BCUT2D eigenvalue weighted by molar-refractivity contribution is 5.69. The molecule has 0 bridgehead atoms. The molecule has 0 aromatic rings. The zero-order chi connectivity index (χ0) is 68.5. The van der Waals surface area contributed by atoms with Crippen LogP contribution in [0.1, 0.15) is 387 Å². The number of carbonyl (C=O) groups excluding carboxylic acids is 1. The molecule has 0 radical (unpaired) electrons. The minimum absolute atomic E-state index is 0.00641. The molecule has 0 saturated carbocycles. The number of aliphatic hydroxyl groups excluding tert-OH is 1. The fourth-order valence-electron chi connectivity index (χ4n) is 11.2. The summed E-state index contributed by atoms with van der Waals surface area (Å²) >= 11 is 0. The SMILES string of the molecule is CCCCC/C=C/C/C=C/CCCCCCCCC(CCCCCCCC/C=C/C/C=C/CCCCC)OC(=O)CCCN(C)C.CCCCC/C=C/C/C=C/CCCCCCCCC(O)CCCCCCCC/C=C/C/C=C/CCCCC.CN(C)CCCC(=O)O. The van der Waals surface area contributed by atoms with Crippen molar-refractivity contribution in [2.75, 3.05) is 41.3 Å². The third-order valence-corrected chi connectivity index (χ3v) is 17.2. The third-order valence-electron chi connectivity index (χ3n) is 17.2. The average molecular weight is 1300 g/mol. The fourth-order valence-corrected chi connectivity index (χ4v) is 11.2. The van der Waals surface area contributed by atoms with Gasteiger partial charge in [0.1, 0.15) is 6.10 Å². The second-order valence-electron chi connectivity index (χ2n) is 27.5. The quantitative estimate of drug-likeness (QED) is 0.0356. The van der Waals surface area contributed by atoms with Gasteiger partial charge in [0.15, 0.2) is 0 Å². The first-order valence-electron chi connectivity index (χ1n) is 40.1. The average Bonchev–Trinajstić information content (AvgIpc) is 3.76. The summed E-state index contributed by atoms with van der Waals surface area (Å²) in [6.45, 7) is 10.8. The topological polar surface area (TPSA) is 90.3 Å². The Morgan fingerprint density at radius 3 is 0.774 bits per heavy atom. The van der Waals surface area contributed by atoms with Crippen LogP contribution in [0.15, 0.2) is 97.2 Å². The van der Waals surface area contributed by atoms with Crippen molar-refractivity contribution in [2.45, 2.75) is 399 Å². The predicted octanol–water partition coefficient (Wildman–Crippen LogP) is 26.8. The lowest BCUT2D eigenvalue weighted by atomic mass is 10.0. The third kappa shape index (κ3) is 93.0. The maximum Gasteiger partial charge on any atom is 0.306 e. The van der Waals surface area contributed by atoms with Crippen LogP contribution in [0.3, 0.4) is 0 Å². The van der Waals surface area contributed by atoms with Gasteiger partial charge in [-0.1, -0.05) is 292 Å². The molecule has 7 heteroatoms. The number of unbranched alkanes of at least 4 members (excludes halogenated alkanes) is 36. The molecule has 0 rings (SSSR count). The van der Waals surface area contributed by atoms with Crippen LogP contribution >= 0.6 is 0 Å². The number of esters is 1. The second-order valence-corrected chi connectivity index (χ2v) is 27.5. The Balaban J connectivity index is -0.00000155. The molecule has 0 atom stereocenters. The van der Waals surface area contributed by atoms with Crippen LogP contribution in [-0.4, -0.2) is 85.4 Å². The maximum absolute atomic E-state index is 12.5. The maximum atomic E-state index is 12.5. The van der Waals surface area contributed by atoms with Gasteiger partial charge < -0.3 is 24.7 Å². The molecule has 0 aliphatic rings. The summed E-state index contributed by atoms with van der Waals surface area (Å²) in [6.07, 6.45) is 105. The number of ether oxygens (including phenoxy) is 1. The summed E-state index contributed by atoms with van der Waals surface area (Å²) in [6, 6.07) is 0. The van der Waals surface area contributed by atoms with Crippen LogP contribution < -0.4 is 0 Å². The van der Waals surface area contributed by atoms with Crippen molar-refractivity contribution in [1.82, 2.24) is 9.80 Å². The molecule has 0 fully saturated rings. The summed E-state index contributed by atoms with van der Waals surface area (Å²) in [4.78, 5) is 26.6. The Labute approximate surface area is 581 Å². The number of hydrogen-bond acceptors (Lipinski definition) is 6. The normalized spacial score (nSPS) is 12.2. The molecule has 0 unspecified atom stereocenters. The van der Waals surface area contributed by atoms with Crippen LogP contribution in [0.5, 0.6) is 0 Å². The summed E-state index contributed by atoms with van der Waals surface area (Å²) in [5, 5.41) is 18.5. The summed E-state index contributed by atoms with van der Waals surface area (Å²) in [5.41, 5.74) is 0. The standard InChI is InChI=1S/C43H79NO2.C37H68O.C6H13NO2/c1-5-7-9-11-13-15-17-19-21-23-25-27-29-31-33-35-38-42(46-43(45)40-37-41-44(3)4)39-36-34-32-30-28-26-24-22-20-18-16-14-12-10-8-6-2;1-3-5-7-9-11-13-15-17-19-21-23-25-27-29-31-33-35-37(38)36-34-32-30-28-26-24-22-20-18-16-14-12-10-8-6-4-2;1-7(2)5-3-4-6(8)9/h13-16,19-22,42H,5-12,17-18,23-41H2,1-4H3;11-14,17-20,37-38H,3-10,15-16,21-36H2,1-2H3;3-5H2,1-2H3,(H,8,9)/b15-13+,16-14+,21-19+,22-20+;13-11+,14-12+,19-17+,20-18+;. The van der Waals surface area contributed by atoms with Gasteiger partial charge in [-0.2, -0.15) is 0 Å². The van der Waals surface area contributed by atoms with Gasteiger partial charge in [-0.05, 0) is 221 Å². The number of aliphatic hydroxyl groups is 1. The summed E-state index contributed by atoms with van der Waals surface area (Å²) in [7, 11) is 7.99. The van der Waals surface area contributed by atoms with E-state index >= 15 is 0 Å². The zero-order valence-electron chi connectivity index (χ0n) is 63.4. The van der Waals surface area contributed by atoms with Crippen molar-refractivity contribution in [2.24, 2.45) is 0 Å². The highest BCUT2D eigenvalue weighted by Crippen LogP contribution is 2.20. The number of nitrogens with zero attached hydrogens (tertiary/aromatic N) is 2. The van der Waals surface area contributed by atoms with Crippen molar-refractivity contribution in [3.05, 3.63) is 97.2 Å². The number of rotatable bonds is 69. The summed E-state index contributed by atoms with van der Waals surface area (Å²) < 4.78 is 6.00. The summed E-state index contributed by atoms with van der Waals surface area (Å²) in [5.74, 6) is -0.705. The van der Waals surface area contributed by atoms with Gasteiger partial charge in [0.2, 0.25) is 0 Å². The van der Waals surface area contributed by atoms with E-state index in [1.165, 1.54) is 283 Å². The molecule has 0 aliphatic heterocycles. The molecule has 0 aliphatic carbocycles. The van der Waals surface area contributed by atoms with Gasteiger partial charge in [-0.3, -0.25) is 9.59 Å². The van der Waals surface area contributed by atoms with E-state index in [4.69, 9.17) is 9.84 Å². The van der Waals surface area contributed by atoms with Gasteiger partial charge in [-0.15, -0.1) is 0 Å². The predicted molar refractivity (Wildman–Crippen MR) is 415 cm³/mol. The number of allylic oxidation sites excluding steroid dienone is 16. The highest BCUT2D eigenvalue weighted by Gasteiger charge is 2.15. The lowest BCUT2D eigenvalue weighted by Gasteiger charge is -2.18. The van der Waals surface area contributed by atoms with Crippen molar-refractivity contribution < 1.29 is 24.5 Å². The first kappa shape index (κ1) is 93.9. The molecular weight excluding hydrogens is 1140 g/mol. The first-order valence-corrected chi connectivity index (χ1v) is 40.1. The van der Waals surface area contributed by atoms with E-state index in [2.05, 4.69) is 144 Å². The lowest BCUT2D eigenvalue weighted by Crippen LogP contribution is -2.20. The molecule has 93 heavy (non-hydrogen) atoms. The van der Waals surface area contributed by atoms with Gasteiger partial charge in [0.25, 0.3) is 0 Å². The monoisotopic (exact) mass is 1300 g/mol. The minimum atomic E-state index is -0.711. The van der Waals surface area contributed by atoms with Crippen molar-refractivity contribution in [3.63, 3.8) is 0 Å². The fraction of sp³-hybridized carbons (Fsp3) is 0.791. The van der Waals surface area contributed by atoms with E-state index < -0.39 is 5.97 Å². The van der Waals surface area contributed by atoms with Gasteiger partial charge in [0, 0.05) is 12.8 Å². The molecule has 0 saturated heterocycles. The van der Waals surface area contributed by atoms with Crippen LogP contribution in [0, 0.1) is 0 Å². The number of carboxylic acids is 1. The smallest absolute Gasteiger partial charge is 0.306 e. The van der Waals surface area contributed by atoms with Crippen molar-refractivity contribution in [1.29, 1.82) is 0 Å². The molecule has 0 aromatic carbocycles. The molecule has 0 aromatic heterocycles. The Kier molecular flexibility index (Phi) is 85.7. The number of aliphatic carboxylic acids is 1. The van der Waals surface area contributed by atoms with Crippen LogP contribution in [0.2, 0.25) is 0 Å². The van der Waals surface area contributed by atoms with Gasteiger partial charge >= 0.3 is 11.9 Å². The van der Waals surface area contributed by atoms with E-state index in [1.54, 1.807) is 0 Å². The number of carboxylic acid groups (broad SMARTS) is 1. The van der Waals surface area contributed by atoms with E-state index in [-0.39, 0.29) is 24.6 Å². The molecule has 7 nitrogen and oxygen atoms in total. The highest BCUT2D eigenvalue weighted by atomic mass is 16.5. The van der Waals surface area contributed by atoms with Crippen LogP contribution in [0.4, 0.5) is 0 Å². The van der Waals surface area contributed by atoms with Crippen molar-refractivity contribution in [3.8, 4) is 0 Å². The zero-order valence-corrected chi connectivity index (χ0v) is 63.4. The van der Waals surface area contributed by atoms with Gasteiger partial charge in [-0.25, -0.2) is 0 Å². The van der Waals surface area contributed by atoms with Crippen LogP contribution in [-0.2, 0) is 14.3 Å². The van der Waals surface area contributed by atoms with Crippen LogP contribution in [0.25, 0.3) is 0 Å². The van der Waals surface area contributed by atoms with Crippen molar-refractivity contribution >= 4 is 11.9 Å². The Morgan fingerprint density at radius 2 is 0.527 bits per heavy atom. The lowest BCUT2D eigenvalue weighted by molar-refractivity contribution is -0.150. The van der Waals surface area contributed by atoms with E-state index in [9.17, 15) is 14.7 Å². The number of carbonyl (C=O) groups is 2. The second kappa shape index (κ2) is 84.8. The molecule has 2 N–H and O–H groups in total. The van der Waals surface area contributed by atoms with E-state index in [0.717, 1.165) is 77.3 Å². The van der Waals surface area contributed by atoms with E-state index in [0.29, 0.717) is 6.42 Å². The molecule has 0 heterocycles.